The summed E-state index contributed by atoms with van der Waals surface area (Å²) >= 11 is 0. The number of aliphatic hydroxyl groups excluding tert-OH is 1. The zero-order chi connectivity index (χ0) is 29.4. The number of carbonyl (C=O) groups excluding carboxylic acids is 2. The maximum Gasteiger partial charge on any atom is 0.305 e. The molecule has 0 radical (unpaired) electrons. The maximum absolute atomic E-state index is 12.0. The van der Waals surface area contributed by atoms with Crippen molar-refractivity contribution in [3.05, 3.63) is 0 Å². The van der Waals surface area contributed by atoms with Gasteiger partial charge >= 0.3 is 11.9 Å². The van der Waals surface area contributed by atoms with Gasteiger partial charge in [0.2, 0.25) is 0 Å². The molecule has 0 aromatic carbocycles. The highest BCUT2D eigenvalue weighted by Gasteiger charge is 2.09. The van der Waals surface area contributed by atoms with Crippen LogP contribution in [0.2, 0.25) is 0 Å². The Kier molecular flexibility index (Phi) is 31.5. The number of rotatable bonds is 32. The van der Waals surface area contributed by atoms with E-state index < -0.39 is 0 Å². The predicted octanol–water partition coefficient (Wildman–Crippen LogP) is 8.77. The molecule has 0 aromatic heterocycles. The zero-order valence-corrected chi connectivity index (χ0v) is 26.7. The van der Waals surface area contributed by atoms with Crippen LogP contribution in [-0.4, -0.2) is 61.4 Å². The molecule has 0 heterocycles. The van der Waals surface area contributed by atoms with Gasteiger partial charge in [-0.1, -0.05) is 142 Å². The van der Waals surface area contributed by atoms with Crippen LogP contribution in [0.15, 0.2) is 0 Å². The summed E-state index contributed by atoms with van der Waals surface area (Å²) in [5.74, 6) is -0.281. The Labute approximate surface area is 248 Å². The normalized spacial score (nSPS) is 11.3. The van der Waals surface area contributed by atoms with Crippen LogP contribution in [0.5, 0.6) is 0 Å². The average Bonchev–Trinajstić information content (AvgIpc) is 2.94. The van der Waals surface area contributed by atoms with Crippen LogP contribution < -0.4 is 0 Å². The molecule has 0 bridgehead atoms. The molecule has 40 heavy (non-hydrogen) atoms. The van der Waals surface area contributed by atoms with Gasteiger partial charge in [0, 0.05) is 32.5 Å². The van der Waals surface area contributed by atoms with Crippen molar-refractivity contribution in [1.82, 2.24) is 4.90 Å². The number of hydrogen-bond acceptors (Lipinski definition) is 6. The number of esters is 2. The van der Waals surface area contributed by atoms with Crippen molar-refractivity contribution in [2.75, 3.05) is 39.5 Å². The topological polar surface area (TPSA) is 76.1 Å². The van der Waals surface area contributed by atoms with E-state index in [9.17, 15) is 14.7 Å². The molecule has 0 aromatic rings. The third kappa shape index (κ3) is 29.8. The Morgan fingerprint density at radius 3 is 1.07 bits per heavy atom. The molecule has 0 saturated carbocycles. The lowest BCUT2D eigenvalue weighted by Crippen LogP contribution is -2.34. The van der Waals surface area contributed by atoms with Gasteiger partial charge in [0.25, 0.3) is 0 Å². The molecule has 0 aliphatic heterocycles. The number of aliphatic hydroxyl groups is 1. The third-order valence-corrected chi connectivity index (χ3v) is 7.73. The Balaban J connectivity index is 3.63. The lowest BCUT2D eigenvalue weighted by Gasteiger charge is -2.20. The molecule has 0 atom stereocenters. The molecule has 0 saturated heterocycles. The second-order valence-electron chi connectivity index (χ2n) is 11.6. The highest BCUT2D eigenvalue weighted by atomic mass is 16.5. The van der Waals surface area contributed by atoms with Gasteiger partial charge in [-0.15, -0.1) is 0 Å². The van der Waals surface area contributed by atoms with Crippen molar-refractivity contribution in [3.8, 4) is 0 Å². The fourth-order valence-electron chi connectivity index (χ4n) is 5.07. The van der Waals surface area contributed by atoms with Gasteiger partial charge in [-0.05, 0) is 12.8 Å². The first-order valence-corrected chi connectivity index (χ1v) is 17.3. The number of carbonyl (C=O) groups is 2. The van der Waals surface area contributed by atoms with E-state index in [-0.39, 0.29) is 18.5 Å². The SMILES string of the molecule is CCCCCCCCCCCCCC(=O)OCCN(CCO)CCOC(=O)CCCCCCCCCCCCC. The first kappa shape index (κ1) is 38.9. The van der Waals surface area contributed by atoms with Gasteiger partial charge < -0.3 is 14.6 Å². The lowest BCUT2D eigenvalue weighted by atomic mass is 10.1. The van der Waals surface area contributed by atoms with E-state index in [1.54, 1.807) is 0 Å². The number of unbranched alkanes of at least 4 members (excludes halogenated alkanes) is 20. The highest BCUT2D eigenvalue weighted by molar-refractivity contribution is 5.69. The summed E-state index contributed by atoms with van der Waals surface area (Å²) in [5.41, 5.74) is 0. The van der Waals surface area contributed by atoms with Crippen LogP contribution in [0.1, 0.15) is 168 Å². The minimum absolute atomic E-state index is 0.0272. The second-order valence-corrected chi connectivity index (χ2v) is 11.6. The number of nitrogens with zero attached hydrogens (tertiary/aromatic N) is 1. The summed E-state index contributed by atoms with van der Waals surface area (Å²) in [7, 11) is 0. The summed E-state index contributed by atoms with van der Waals surface area (Å²) in [6, 6.07) is 0. The molecule has 0 aliphatic rings. The molecule has 0 spiro atoms. The fraction of sp³-hybridized carbons (Fsp3) is 0.941. The molecule has 0 fully saturated rings. The van der Waals surface area contributed by atoms with Crippen LogP contribution in [0.3, 0.4) is 0 Å². The van der Waals surface area contributed by atoms with Gasteiger partial charge in [0.15, 0.2) is 0 Å². The van der Waals surface area contributed by atoms with Crippen molar-refractivity contribution in [3.63, 3.8) is 0 Å². The lowest BCUT2D eigenvalue weighted by molar-refractivity contribution is -0.144. The van der Waals surface area contributed by atoms with E-state index in [2.05, 4.69) is 13.8 Å². The molecule has 6 nitrogen and oxygen atoms in total. The molecule has 0 aliphatic carbocycles. The van der Waals surface area contributed by atoms with Crippen LogP contribution in [0.4, 0.5) is 0 Å². The van der Waals surface area contributed by atoms with Gasteiger partial charge in [-0.25, -0.2) is 0 Å². The van der Waals surface area contributed by atoms with Gasteiger partial charge in [-0.3, -0.25) is 14.5 Å². The Morgan fingerprint density at radius 2 is 0.775 bits per heavy atom. The Morgan fingerprint density at radius 1 is 0.475 bits per heavy atom. The minimum atomic E-state index is -0.140. The molecular weight excluding hydrogens is 502 g/mol. The van der Waals surface area contributed by atoms with Gasteiger partial charge in [0.1, 0.15) is 13.2 Å². The monoisotopic (exact) mass is 570 g/mol. The van der Waals surface area contributed by atoms with E-state index in [0.29, 0.717) is 45.7 Å². The van der Waals surface area contributed by atoms with Crippen LogP contribution in [0, 0.1) is 0 Å². The second kappa shape index (κ2) is 32.4. The average molecular weight is 570 g/mol. The molecular formula is C34H67NO5. The molecule has 0 amide bonds. The van der Waals surface area contributed by atoms with Crippen LogP contribution in [-0.2, 0) is 19.1 Å². The maximum atomic E-state index is 12.0. The summed E-state index contributed by atoms with van der Waals surface area (Å²) < 4.78 is 10.8. The predicted molar refractivity (Wildman–Crippen MR) is 168 cm³/mol. The smallest absolute Gasteiger partial charge is 0.305 e. The van der Waals surface area contributed by atoms with Crippen molar-refractivity contribution >= 4 is 11.9 Å². The standard InChI is InChI=1S/C34H67NO5/c1-3-5-7-9-11-13-15-17-19-21-23-25-33(37)39-31-28-35(27-30-36)29-32-40-34(38)26-24-22-20-18-16-14-12-10-8-6-4-2/h36H,3-32H2,1-2H3. The van der Waals surface area contributed by atoms with Gasteiger partial charge in [-0.2, -0.15) is 0 Å². The van der Waals surface area contributed by atoms with E-state index in [4.69, 9.17) is 9.47 Å². The minimum Gasteiger partial charge on any atom is -0.464 e. The van der Waals surface area contributed by atoms with E-state index in [1.807, 2.05) is 4.90 Å². The molecule has 0 unspecified atom stereocenters. The highest BCUT2D eigenvalue weighted by Crippen LogP contribution is 2.13. The summed E-state index contributed by atoms with van der Waals surface area (Å²) in [4.78, 5) is 26.0. The van der Waals surface area contributed by atoms with Crippen molar-refractivity contribution in [2.45, 2.75) is 168 Å². The summed E-state index contributed by atoms with van der Waals surface area (Å²) in [5, 5.41) is 9.33. The van der Waals surface area contributed by atoms with Gasteiger partial charge in [0.05, 0.1) is 6.61 Å². The Hall–Kier alpha value is -1.14. The van der Waals surface area contributed by atoms with E-state index >= 15 is 0 Å². The fourth-order valence-corrected chi connectivity index (χ4v) is 5.07. The van der Waals surface area contributed by atoms with Crippen molar-refractivity contribution < 1.29 is 24.2 Å². The zero-order valence-electron chi connectivity index (χ0n) is 26.7. The Bertz CT molecular complexity index is 498. The number of hydrogen-bond donors (Lipinski definition) is 1. The van der Waals surface area contributed by atoms with Crippen molar-refractivity contribution in [2.24, 2.45) is 0 Å². The van der Waals surface area contributed by atoms with Crippen LogP contribution in [0.25, 0.3) is 0 Å². The van der Waals surface area contributed by atoms with E-state index in [1.165, 1.54) is 116 Å². The first-order valence-electron chi connectivity index (χ1n) is 17.3. The first-order chi connectivity index (χ1) is 19.6. The molecule has 6 heteroatoms. The van der Waals surface area contributed by atoms with E-state index in [0.717, 1.165) is 25.7 Å². The molecule has 238 valence electrons. The third-order valence-electron chi connectivity index (χ3n) is 7.73. The number of ether oxygens (including phenoxy) is 2. The molecule has 0 rings (SSSR count). The molecule has 1 N–H and O–H groups in total. The summed E-state index contributed by atoms with van der Waals surface area (Å²) in [6.45, 7) is 6.72. The van der Waals surface area contributed by atoms with Crippen LogP contribution >= 0.6 is 0 Å². The van der Waals surface area contributed by atoms with Crippen molar-refractivity contribution in [1.29, 1.82) is 0 Å². The largest absolute Gasteiger partial charge is 0.464 e. The summed E-state index contributed by atoms with van der Waals surface area (Å²) in [6.07, 6.45) is 28.7. The quantitative estimate of drug-likeness (QED) is 0.0644.